The maximum Gasteiger partial charge on any atom is 0.307 e. The summed E-state index contributed by atoms with van der Waals surface area (Å²) in [6, 6.07) is 37.0. The van der Waals surface area contributed by atoms with Gasteiger partial charge in [0.15, 0.2) is 23.3 Å². The molecule has 0 aliphatic carbocycles. The van der Waals surface area contributed by atoms with Crippen LogP contribution in [0.25, 0.3) is 42.8 Å². The lowest BCUT2D eigenvalue weighted by molar-refractivity contribution is -0.137. The smallest absolute Gasteiger partial charge is 0.307 e. The lowest BCUT2D eigenvalue weighted by Gasteiger charge is -2.15. The van der Waals surface area contributed by atoms with Gasteiger partial charge < -0.3 is 60.6 Å². The molecule has 12 rings (SSSR count). The van der Waals surface area contributed by atoms with Crippen LogP contribution in [0.5, 0.6) is 23.0 Å². The topological polar surface area (TPSA) is 337 Å². The number of benzene rings is 4. The van der Waals surface area contributed by atoms with E-state index in [1.54, 1.807) is 76.2 Å². The summed E-state index contributed by atoms with van der Waals surface area (Å²) in [4.78, 5) is 85.0. The van der Waals surface area contributed by atoms with E-state index in [0.717, 1.165) is 176 Å². The first-order valence-electron chi connectivity index (χ1n) is 35.7. The van der Waals surface area contributed by atoms with E-state index in [0.29, 0.717) is 42.0 Å². The highest BCUT2D eigenvalue weighted by atomic mass is 32.1. The van der Waals surface area contributed by atoms with Gasteiger partial charge in [0.05, 0.1) is 73.6 Å². The quantitative estimate of drug-likeness (QED) is 0.0182. The Morgan fingerprint density at radius 3 is 0.866 bits per heavy atom. The van der Waals surface area contributed by atoms with Crippen molar-refractivity contribution in [3.05, 3.63) is 235 Å². The van der Waals surface area contributed by atoms with Crippen LogP contribution in [0.2, 0.25) is 0 Å². The van der Waals surface area contributed by atoms with Crippen LogP contribution in [-0.4, -0.2) is 113 Å². The maximum absolute atomic E-state index is 10.9. The van der Waals surface area contributed by atoms with Crippen LogP contribution in [0.1, 0.15) is 95.0 Å². The maximum atomic E-state index is 10.9. The van der Waals surface area contributed by atoms with Gasteiger partial charge in [0.2, 0.25) is 0 Å². The van der Waals surface area contributed by atoms with Gasteiger partial charge in [-0.05, 0) is 123 Å². The number of carbonyl (C=O) groups is 4. The van der Waals surface area contributed by atoms with E-state index in [-0.39, 0.29) is 25.7 Å². The van der Waals surface area contributed by atoms with E-state index >= 15 is 0 Å². The van der Waals surface area contributed by atoms with Crippen molar-refractivity contribution >= 4 is 115 Å². The Morgan fingerprint density at radius 1 is 0.357 bits per heavy atom. The molecule has 0 bridgehead atoms. The number of nitrogens with zero attached hydrogens (tertiary/aromatic N) is 8. The molecule has 8 N–H and O–H groups in total. The first-order valence-corrected chi connectivity index (χ1v) is 39.2. The van der Waals surface area contributed by atoms with Crippen LogP contribution in [-0.2, 0) is 83.4 Å². The van der Waals surface area contributed by atoms with Gasteiger partial charge in [0, 0.05) is 114 Å². The molecule has 12 aromatic rings. The van der Waals surface area contributed by atoms with Crippen molar-refractivity contribution in [3.63, 3.8) is 0 Å². The third-order valence-corrected chi connectivity index (χ3v) is 20.7. The summed E-state index contributed by atoms with van der Waals surface area (Å²) < 4.78 is 21.1. The van der Waals surface area contributed by atoms with Crippen molar-refractivity contribution in [1.29, 1.82) is 0 Å². The number of carboxylic acids is 4. The Bertz CT molecular complexity index is 5220. The highest BCUT2D eigenvalue weighted by Crippen LogP contribution is 2.37. The summed E-state index contributed by atoms with van der Waals surface area (Å²) in [7, 11) is 6.55. The Morgan fingerprint density at radius 2 is 0.607 bits per heavy atom. The van der Waals surface area contributed by atoms with Gasteiger partial charge in [-0.2, -0.15) is 0 Å². The predicted octanol–water partition coefficient (Wildman–Crippen LogP) is 18.7. The summed E-state index contributed by atoms with van der Waals surface area (Å²) in [6.07, 6.45) is 8.18. The number of methoxy groups -OCH3 is 4. The molecule has 0 atom stereocenters. The number of allylic oxidation sites excluding steroid dienone is 2. The monoisotopic (exact) mass is 1580 g/mol. The minimum Gasteiger partial charge on any atom is -0.496 e. The molecule has 0 radical (unpaired) electrons. The van der Waals surface area contributed by atoms with Gasteiger partial charge in [-0.25, -0.2) is 39.9 Å². The lowest BCUT2D eigenvalue weighted by Crippen LogP contribution is -2.07. The van der Waals surface area contributed by atoms with E-state index in [9.17, 15) is 19.2 Å². The first-order chi connectivity index (χ1) is 54.1. The number of aliphatic carboxylic acids is 4. The van der Waals surface area contributed by atoms with Crippen molar-refractivity contribution in [2.24, 2.45) is 0 Å². The van der Waals surface area contributed by atoms with E-state index in [1.807, 2.05) is 132 Å². The number of rotatable bonds is 32. The number of thiophene rings is 4. The zero-order valence-electron chi connectivity index (χ0n) is 63.8. The van der Waals surface area contributed by atoms with Crippen molar-refractivity contribution in [2.45, 2.75) is 106 Å². The van der Waals surface area contributed by atoms with Gasteiger partial charge in [0.1, 0.15) is 46.3 Å². The van der Waals surface area contributed by atoms with Crippen LogP contribution in [0.15, 0.2) is 168 Å². The zero-order valence-corrected chi connectivity index (χ0v) is 67.0. The molecule has 0 saturated heterocycles. The average molecular weight is 1590 g/mol. The molecule has 4 aromatic carbocycles. The van der Waals surface area contributed by atoms with E-state index < -0.39 is 23.9 Å². The SMILES string of the molecule is C=CCc1c(C)nc(-c2cc(OC)cs2)nc1Nc1ccc(CC(=O)O)cc1.C=CCc1c(CC)nc(-c2cc(OC)cs2)nc1Nc1ccc(CC(=O)O)cc1.CCc1c(C)nc(-c2cc(OC)cs2)nc1Nc1ccc(CC(=O)O)cc1.CCc1nc(-c2cc(OC)cs2)nc(Nc2ccc(CC(=O)O)cc2)c1CC. The molecule has 0 amide bonds. The fraction of sp³-hybridized carbons (Fsp3) is 0.238. The molecule has 580 valence electrons. The fourth-order valence-electron chi connectivity index (χ4n) is 11.5. The summed E-state index contributed by atoms with van der Waals surface area (Å²) >= 11 is 6.15. The van der Waals surface area contributed by atoms with Crippen molar-refractivity contribution in [3.8, 4) is 65.8 Å². The number of carboxylic acid groups (broad SMARTS) is 4. The molecule has 112 heavy (non-hydrogen) atoms. The minimum atomic E-state index is -0.851. The number of hydrogen-bond donors (Lipinski definition) is 8. The van der Waals surface area contributed by atoms with Crippen LogP contribution >= 0.6 is 45.3 Å². The lowest BCUT2D eigenvalue weighted by atomic mass is 10.1. The summed E-state index contributed by atoms with van der Waals surface area (Å²) in [5.74, 6) is 5.35. The van der Waals surface area contributed by atoms with E-state index in [4.69, 9.17) is 69.3 Å². The van der Waals surface area contributed by atoms with Crippen molar-refractivity contribution in [1.82, 2.24) is 39.9 Å². The molecule has 28 heteroatoms. The summed E-state index contributed by atoms with van der Waals surface area (Å²) in [5, 5.41) is 56.8. The fourth-order valence-corrected chi connectivity index (χ4v) is 14.6. The van der Waals surface area contributed by atoms with Crippen molar-refractivity contribution in [2.75, 3.05) is 49.7 Å². The van der Waals surface area contributed by atoms with Crippen molar-refractivity contribution < 1.29 is 58.6 Å². The van der Waals surface area contributed by atoms with Gasteiger partial charge >= 0.3 is 23.9 Å². The third kappa shape index (κ3) is 23.4. The van der Waals surface area contributed by atoms with Crippen LogP contribution in [0.3, 0.4) is 0 Å². The molecule has 0 aliphatic rings. The van der Waals surface area contributed by atoms with Crippen LogP contribution < -0.4 is 40.2 Å². The number of aromatic nitrogens is 8. The Balaban J connectivity index is 0.000000171. The third-order valence-electron chi connectivity index (χ3n) is 17.1. The molecular weight excluding hydrogens is 1500 g/mol. The van der Waals surface area contributed by atoms with Gasteiger partial charge in [-0.3, -0.25) is 19.2 Å². The van der Waals surface area contributed by atoms with Crippen LogP contribution in [0.4, 0.5) is 46.0 Å². The minimum absolute atomic E-state index is 0.000156. The second-order valence-electron chi connectivity index (χ2n) is 24.9. The molecule has 0 saturated carbocycles. The largest absolute Gasteiger partial charge is 0.496 e. The second kappa shape index (κ2) is 41.0. The summed E-state index contributed by atoms with van der Waals surface area (Å²) in [6.45, 7) is 19.9. The molecular formula is C84H88N12O12S4. The Labute approximate surface area is 666 Å². The van der Waals surface area contributed by atoms with Gasteiger partial charge in [-0.1, -0.05) is 88.4 Å². The number of hydrogen-bond acceptors (Lipinski definition) is 24. The molecule has 0 spiro atoms. The molecule has 24 nitrogen and oxygen atoms in total. The standard InChI is InChI=1S/C22H23N3O3S.C21H21N3O3S.C21H23N3O3S.C20H21N3O3S/c1-4-6-17-18(5-2)24-22(19-12-16(28-3)13-29-19)25-21(17)23-15-9-7-14(8-10-15)11-20(26)27;1-4-5-17-13(2)22-21(18-11-16(27-3)12-28-18)24-20(17)23-15-8-6-14(7-9-15)10-19(25)26;1-4-16-17(5-2)23-21(18-11-15(27-3)12-28-18)24-20(16)22-14-8-6-13(7-9-14)10-19(25)26;1-4-16-12(2)21-20(17-10-15(26-3)11-27-17)23-19(16)22-14-7-5-13(6-8-14)9-18(24)25/h4,7-10,12-13H,1,5-6,11H2,2-3H3,(H,26,27)(H,23,24,25);4,6-9,11-12H,1,5,10H2,2-3H3,(H,25,26)(H,22,23,24);6-9,11-12H,4-5,10H2,1-3H3,(H,25,26)(H,22,23,24);5-8,10-11H,4,9H2,1-3H3,(H,24,25)(H,21,22,23). The number of nitrogens with one attached hydrogen (secondary N) is 4. The highest BCUT2D eigenvalue weighted by molar-refractivity contribution is 7.14. The molecule has 0 unspecified atom stereocenters. The van der Waals surface area contributed by atoms with Gasteiger partial charge in [0.25, 0.3) is 0 Å². The van der Waals surface area contributed by atoms with Crippen LogP contribution in [0, 0.1) is 13.8 Å². The van der Waals surface area contributed by atoms with E-state index in [1.165, 1.54) is 34.0 Å². The Kier molecular flexibility index (Phi) is 30.7. The molecule has 8 heterocycles. The molecule has 0 aliphatic heterocycles. The normalized spacial score (nSPS) is 10.6. The predicted molar refractivity (Wildman–Crippen MR) is 447 cm³/mol. The average Bonchev–Trinajstić information content (AvgIpc) is 1.23. The van der Waals surface area contributed by atoms with Gasteiger partial charge in [-0.15, -0.1) is 58.5 Å². The number of aryl methyl sites for hydroxylation is 4. The highest BCUT2D eigenvalue weighted by Gasteiger charge is 2.21. The van der Waals surface area contributed by atoms with E-state index in [2.05, 4.69) is 72.1 Å². The Hall–Kier alpha value is -12.2. The molecule has 0 fully saturated rings. The zero-order chi connectivity index (χ0) is 80.4. The summed E-state index contributed by atoms with van der Waals surface area (Å²) in [5.41, 5.74) is 14.3. The number of ether oxygens (including phenoxy) is 4. The first kappa shape index (κ1) is 83.8. The second-order valence-corrected chi connectivity index (χ2v) is 28.6. The molecule has 8 aromatic heterocycles. The number of anilines is 8.